The highest BCUT2D eigenvalue weighted by Crippen LogP contribution is 2.42. The molecule has 0 radical (unpaired) electrons. The van der Waals surface area contributed by atoms with Gasteiger partial charge < -0.3 is 35.1 Å². The Balaban J connectivity index is 1.28. The maximum Gasteiger partial charge on any atom is 0.328 e. The van der Waals surface area contributed by atoms with Crippen molar-refractivity contribution in [1.29, 1.82) is 0 Å². The predicted octanol–water partition coefficient (Wildman–Crippen LogP) is 4.33. The number of aliphatic hydroxyl groups is 2. The molecule has 2 aliphatic heterocycles. The molecule has 2 saturated heterocycles. The van der Waals surface area contributed by atoms with Crippen LogP contribution >= 0.6 is 0 Å². The molecular weight excluding hydrogens is 574 g/mol. The zero-order valence-corrected chi connectivity index (χ0v) is 25.8. The van der Waals surface area contributed by atoms with Crippen molar-refractivity contribution < 1.29 is 34.0 Å². The summed E-state index contributed by atoms with van der Waals surface area (Å²) in [7, 11) is 1.30. The Labute approximate surface area is 264 Å². The molecule has 4 N–H and O–H groups in total. The summed E-state index contributed by atoms with van der Waals surface area (Å²) in [5.41, 5.74) is 4.07. The Kier molecular flexibility index (Phi) is 11.2. The van der Waals surface area contributed by atoms with E-state index in [0.717, 1.165) is 41.6 Å². The number of nitrogens with one attached hydrogen (secondary N) is 2. The van der Waals surface area contributed by atoms with Gasteiger partial charge in [0.05, 0.1) is 32.5 Å². The van der Waals surface area contributed by atoms with Crippen LogP contribution in [0.4, 0.5) is 10.5 Å². The van der Waals surface area contributed by atoms with Gasteiger partial charge in [0.25, 0.3) is 0 Å². The van der Waals surface area contributed by atoms with E-state index >= 15 is 0 Å². The van der Waals surface area contributed by atoms with Crippen molar-refractivity contribution in [3.05, 3.63) is 101 Å². The van der Waals surface area contributed by atoms with Crippen LogP contribution < -0.4 is 10.6 Å². The Bertz CT molecular complexity index is 1390. The van der Waals surface area contributed by atoms with Crippen molar-refractivity contribution in [2.75, 3.05) is 32.1 Å². The van der Waals surface area contributed by atoms with E-state index in [0.29, 0.717) is 18.7 Å². The monoisotopic (exact) mass is 617 g/mol. The van der Waals surface area contributed by atoms with E-state index in [1.165, 1.54) is 7.11 Å². The normalized spacial score (nSPS) is 24.1. The minimum atomic E-state index is -0.843. The van der Waals surface area contributed by atoms with Gasteiger partial charge in [-0.05, 0) is 48.2 Å². The summed E-state index contributed by atoms with van der Waals surface area (Å²) >= 11 is 0. The van der Waals surface area contributed by atoms with Crippen molar-refractivity contribution in [3.63, 3.8) is 0 Å². The molecule has 0 spiro atoms. The molecule has 3 aromatic rings. The Hall–Kier alpha value is -3.80. The summed E-state index contributed by atoms with van der Waals surface area (Å²) in [5.74, 6) is -0.496. The number of urea groups is 1. The number of nitrogens with zero attached hydrogens (tertiary/aromatic N) is 1. The quantitative estimate of drug-likeness (QED) is 0.234. The van der Waals surface area contributed by atoms with Crippen LogP contribution in [-0.2, 0) is 32.0 Å². The predicted molar refractivity (Wildman–Crippen MR) is 169 cm³/mol. The minimum absolute atomic E-state index is 0.0258. The molecule has 10 nitrogen and oxygen atoms in total. The Morgan fingerprint density at radius 1 is 0.956 bits per heavy atom. The molecule has 3 aromatic carbocycles. The summed E-state index contributed by atoms with van der Waals surface area (Å²) in [6.07, 6.45) is 1.27. The van der Waals surface area contributed by atoms with Gasteiger partial charge in [-0.25, -0.2) is 9.59 Å². The van der Waals surface area contributed by atoms with E-state index in [-0.39, 0.29) is 37.4 Å². The second kappa shape index (κ2) is 15.5. The van der Waals surface area contributed by atoms with Gasteiger partial charge in [-0.1, -0.05) is 73.7 Å². The first-order chi connectivity index (χ1) is 21.9. The fraction of sp³-hybridized carbons (Fsp3) is 0.429. The topological polar surface area (TPSA) is 130 Å². The SMILES string of the molecule is COC(=O)[C@H](Cc1ccccc1)NC(=O)Nc1ccc([C@@H]2O[C@H](CN3CCC[C@H]3CO)[C@H](C)[C@H](c3ccc(CO)cc3)O2)cc1. The summed E-state index contributed by atoms with van der Waals surface area (Å²) < 4.78 is 18.0. The molecule has 10 heteroatoms. The number of amides is 2. The number of carbonyl (C=O) groups excluding carboxylic acids is 2. The lowest BCUT2D eigenvalue weighted by atomic mass is 9.90. The summed E-state index contributed by atoms with van der Waals surface area (Å²) in [6.45, 7) is 3.83. The molecule has 2 heterocycles. The first-order valence-corrected chi connectivity index (χ1v) is 15.5. The molecule has 5 rings (SSSR count). The average molecular weight is 618 g/mol. The molecule has 0 bridgehead atoms. The highest BCUT2D eigenvalue weighted by Gasteiger charge is 2.40. The third-order valence-corrected chi connectivity index (χ3v) is 8.76. The van der Waals surface area contributed by atoms with E-state index < -0.39 is 24.3 Å². The first kappa shape index (κ1) is 32.6. The third kappa shape index (κ3) is 8.27. The highest BCUT2D eigenvalue weighted by molar-refractivity contribution is 5.92. The highest BCUT2D eigenvalue weighted by atomic mass is 16.7. The fourth-order valence-corrected chi connectivity index (χ4v) is 6.14. The van der Waals surface area contributed by atoms with Gasteiger partial charge in [0.2, 0.25) is 0 Å². The zero-order valence-electron chi connectivity index (χ0n) is 25.8. The van der Waals surface area contributed by atoms with Gasteiger partial charge in [0.15, 0.2) is 6.29 Å². The smallest absolute Gasteiger partial charge is 0.328 e. The maximum absolute atomic E-state index is 12.8. The number of aliphatic hydroxyl groups excluding tert-OH is 2. The van der Waals surface area contributed by atoms with Crippen LogP contribution in [0.1, 0.15) is 54.4 Å². The third-order valence-electron chi connectivity index (χ3n) is 8.76. The van der Waals surface area contributed by atoms with Crippen LogP contribution in [0.3, 0.4) is 0 Å². The number of benzene rings is 3. The van der Waals surface area contributed by atoms with Crippen molar-refractivity contribution >= 4 is 17.7 Å². The van der Waals surface area contributed by atoms with E-state index in [1.54, 1.807) is 12.1 Å². The van der Waals surface area contributed by atoms with Crippen LogP contribution in [0, 0.1) is 5.92 Å². The number of hydrogen-bond acceptors (Lipinski definition) is 8. The Morgan fingerprint density at radius 2 is 1.67 bits per heavy atom. The Morgan fingerprint density at radius 3 is 2.33 bits per heavy atom. The first-order valence-electron chi connectivity index (χ1n) is 15.5. The van der Waals surface area contributed by atoms with Crippen molar-refractivity contribution in [2.24, 2.45) is 5.92 Å². The molecule has 0 saturated carbocycles. The second-order valence-corrected chi connectivity index (χ2v) is 11.8. The minimum Gasteiger partial charge on any atom is -0.467 e. The number of esters is 1. The molecule has 2 aliphatic rings. The van der Waals surface area contributed by atoms with Gasteiger partial charge in [-0.3, -0.25) is 4.90 Å². The number of likely N-dealkylation sites (tertiary alicyclic amines) is 1. The van der Waals surface area contributed by atoms with E-state index in [9.17, 15) is 19.8 Å². The van der Waals surface area contributed by atoms with Crippen molar-refractivity contribution in [2.45, 2.75) is 63.4 Å². The number of hydrogen-bond donors (Lipinski definition) is 4. The number of ether oxygens (including phenoxy) is 3. The van der Waals surface area contributed by atoms with Crippen LogP contribution in [-0.4, -0.2) is 72.1 Å². The maximum atomic E-state index is 12.8. The van der Waals surface area contributed by atoms with Crippen molar-refractivity contribution in [1.82, 2.24) is 10.2 Å². The summed E-state index contributed by atoms with van der Waals surface area (Å²) in [5, 5.41) is 24.9. The van der Waals surface area contributed by atoms with Crippen LogP contribution in [0.5, 0.6) is 0 Å². The van der Waals surface area contributed by atoms with Crippen molar-refractivity contribution in [3.8, 4) is 0 Å². The molecule has 2 fully saturated rings. The fourth-order valence-electron chi connectivity index (χ4n) is 6.14. The number of anilines is 1. The largest absolute Gasteiger partial charge is 0.467 e. The molecule has 2 amide bonds. The lowest BCUT2D eigenvalue weighted by Gasteiger charge is -2.43. The van der Waals surface area contributed by atoms with Gasteiger partial charge >= 0.3 is 12.0 Å². The van der Waals surface area contributed by atoms with Crippen LogP contribution in [0.2, 0.25) is 0 Å². The lowest BCUT2D eigenvalue weighted by molar-refractivity contribution is -0.276. The molecular formula is C35H43N3O7. The average Bonchev–Trinajstić information content (AvgIpc) is 3.53. The summed E-state index contributed by atoms with van der Waals surface area (Å²) in [4.78, 5) is 27.5. The summed E-state index contributed by atoms with van der Waals surface area (Å²) in [6, 6.07) is 23.2. The molecule has 0 aliphatic carbocycles. The second-order valence-electron chi connectivity index (χ2n) is 11.8. The molecule has 0 aromatic heterocycles. The molecule has 45 heavy (non-hydrogen) atoms. The van der Waals surface area contributed by atoms with E-state index in [2.05, 4.69) is 22.5 Å². The lowest BCUT2D eigenvalue weighted by Crippen LogP contribution is -2.46. The number of carbonyl (C=O) groups is 2. The standard InChI is InChI=1S/C35H43N3O7/c1-23-31(20-38-18-6-9-29(38)22-40)44-34(45-32(23)26-12-10-25(21-39)11-13-26)27-14-16-28(17-15-27)36-35(42)37-30(33(41)43-2)19-24-7-4-3-5-8-24/h3-5,7-8,10-17,23,29-32,34,39-40H,6,9,18-22H2,1-2H3,(H2,36,37,42)/t23-,29-,30-,31+,32+,34+/m0/s1. The molecule has 6 atom stereocenters. The number of methoxy groups -OCH3 is 1. The molecule has 240 valence electrons. The van der Waals surface area contributed by atoms with Gasteiger partial charge in [0.1, 0.15) is 6.04 Å². The number of rotatable bonds is 11. The van der Waals surface area contributed by atoms with Crippen LogP contribution in [0.25, 0.3) is 0 Å². The van der Waals surface area contributed by atoms with Gasteiger partial charge in [0, 0.05) is 36.2 Å². The van der Waals surface area contributed by atoms with Gasteiger partial charge in [-0.2, -0.15) is 0 Å². The van der Waals surface area contributed by atoms with E-state index in [1.807, 2.05) is 66.7 Å². The van der Waals surface area contributed by atoms with Crippen LogP contribution in [0.15, 0.2) is 78.9 Å². The molecule has 0 unspecified atom stereocenters. The van der Waals surface area contributed by atoms with Gasteiger partial charge in [-0.15, -0.1) is 0 Å². The zero-order chi connectivity index (χ0) is 31.8. The van der Waals surface area contributed by atoms with E-state index in [4.69, 9.17) is 14.2 Å².